The highest BCUT2D eigenvalue weighted by Crippen LogP contribution is 2.32. The summed E-state index contributed by atoms with van der Waals surface area (Å²) in [6.07, 6.45) is 2.31. The number of hydrogen-bond donors (Lipinski definition) is 2. The molecule has 1 aromatic heterocycles. The zero-order valence-corrected chi connectivity index (χ0v) is 10.5. The van der Waals surface area contributed by atoms with Crippen molar-refractivity contribution in [2.75, 3.05) is 13.1 Å². The lowest BCUT2D eigenvalue weighted by Crippen LogP contribution is -2.25. The molecule has 0 fully saturated rings. The second kappa shape index (κ2) is 6.26. The first-order chi connectivity index (χ1) is 7.22. The van der Waals surface area contributed by atoms with E-state index in [4.69, 9.17) is 11.5 Å². The molecule has 86 valence electrons. The first-order valence-electron chi connectivity index (χ1n) is 5.67. The maximum absolute atomic E-state index is 5.70. The van der Waals surface area contributed by atoms with Gasteiger partial charge >= 0.3 is 0 Å². The van der Waals surface area contributed by atoms with Gasteiger partial charge in [-0.3, -0.25) is 0 Å². The summed E-state index contributed by atoms with van der Waals surface area (Å²) in [6.45, 7) is 5.84. The standard InChI is InChI=1S/C12H22N2S/c1-3-11(6-10(7-13)8-14)12-9(2)4-5-15-12/h4-5,10-11H,3,6-8,13-14H2,1-2H3. The smallest absolute Gasteiger partial charge is 0.0105 e. The van der Waals surface area contributed by atoms with Crippen LogP contribution in [0.2, 0.25) is 0 Å². The molecule has 0 bridgehead atoms. The average Bonchev–Trinajstić information content (AvgIpc) is 2.67. The van der Waals surface area contributed by atoms with Gasteiger partial charge in [0.15, 0.2) is 0 Å². The summed E-state index contributed by atoms with van der Waals surface area (Å²) in [6, 6.07) is 2.20. The van der Waals surface area contributed by atoms with E-state index in [9.17, 15) is 0 Å². The predicted octanol–water partition coefficient (Wildman–Crippen LogP) is 2.47. The van der Waals surface area contributed by atoms with Crippen LogP contribution in [0.3, 0.4) is 0 Å². The molecule has 2 nitrogen and oxygen atoms in total. The largest absolute Gasteiger partial charge is 0.330 e. The number of nitrogens with two attached hydrogens (primary N) is 2. The molecule has 0 saturated carbocycles. The van der Waals surface area contributed by atoms with Crippen molar-refractivity contribution in [2.45, 2.75) is 32.6 Å². The van der Waals surface area contributed by atoms with E-state index >= 15 is 0 Å². The molecule has 0 spiro atoms. The van der Waals surface area contributed by atoms with Gasteiger partial charge in [0.25, 0.3) is 0 Å². The fourth-order valence-electron chi connectivity index (χ4n) is 1.95. The Morgan fingerprint density at radius 1 is 1.33 bits per heavy atom. The van der Waals surface area contributed by atoms with Gasteiger partial charge < -0.3 is 11.5 Å². The summed E-state index contributed by atoms with van der Waals surface area (Å²) in [4.78, 5) is 1.52. The lowest BCUT2D eigenvalue weighted by Gasteiger charge is -2.20. The molecule has 0 aromatic carbocycles. The first kappa shape index (κ1) is 12.7. The predicted molar refractivity (Wildman–Crippen MR) is 68.3 cm³/mol. The molecule has 1 unspecified atom stereocenters. The molecule has 0 aliphatic carbocycles. The number of thiophene rings is 1. The molecule has 1 rings (SSSR count). The van der Waals surface area contributed by atoms with Crippen LogP contribution in [0, 0.1) is 12.8 Å². The van der Waals surface area contributed by atoms with Gasteiger partial charge in [0.1, 0.15) is 0 Å². The van der Waals surface area contributed by atoms with Crippen molar-refractivity contribution in [1.82, 2.24) is 0 Å². The quantitative estimate of drug-likeness (QED) is 0.783. The van der Waals surface area contributed by atoms with Crippen LogP contribution >= 0.6 is 11.3 Å². The Balaban J connectivity index is 2.68. The molecule has 0 amide bonds. The number of rotatable bonds is 6. The zero-order valence-electron chi connectivity index (χ0n) is 9.70. The van der Waals surface area contributed by atoms with Crippen LogP contribution < -0.4 is 11.5 Å². The molecule has 0 aliphatic rings. The summed E-state index contributed by atoms with van der Waals surface area (Å²) in [7, 11) is 0. The van der Waals surface area contributed by atoms with Crippen molar-refractivity contribution in [3.05, 3.63) is 21.9 Å². The molecule has 1 aromatic rings. The van der Waals surface area contributed by atoms with Gasteiger partial charge in [-0.25, -0.2) is 0 Å². The Bertz CT molecular complexity index is 279. The number of hydrogen-bond acceptors (Lipinski definition) is 3. The van der Waals surface area contributed by atoms with E-state index in [1.165, 1.54) is 16.9 Å². The molecular weight excluding hydrogens is 204 g/mol. The third-order valence-electron chi connectivity index (χ3n) is 3.05. The van der Waals surface area contributed by atoms with Crippen LogP contribution in [-0.2, 0) is 0 Å². The summed E-state index contributed by atoms with van der Waals surface area (Å²) < 4.78 is 0. The fourth-order valence-corrected chi connectivity index (χ4v) is 3.08. The van der Waals surface area contributed by atoms with Crippen LogP contribution in [0.4, 0.5) is 0 Å². The minimum Gasteiger partial charge on any atom is -0.330 e. The van der Waals surface area contributed by atoms with Crippen LogP contribution in [0.15, 0.2) is 11.4 Å². The second-order valence-electron chi connectivity index (χ2n) is 4.15. The van der Waals surface area contributed by atoms with Gasteiger partial charge in [-0.2, -0.15) is 0 Å². The van der Waals surface area contributed by atoms with E-state index in [1.807, 2.05) is 11.3 Å². The third kappa shape index (κ3) is 3.30. The summed E-state index contributed by atoms with van der Waals surface area (Å²) in [5, 5.41) is 2.17. The highest BCUT2D eigenvalue weighted by Gasteiger charge is 2.17. The third-order valence-corrected chi connectivity index (χ3v) is 4.23. The Labute approximate surface area is 96.7 Å². The van der Waals surface area contributed by atoms with E-state index in [-0.39, 0.29) is 0 Å². The van der Waals surface area contributed by atoms with Gasteiger partial charge in [0.05, 0.1) is 0 Å². The average molecular weight is 226 g/mol. The molecule has 4 N–H and O–H groups in total. The van der Waals surface area contributed by atoms with Crippen molar-refractivity contribution in [3.63, 3.8) is 0 Å². The lowest BCUT2D eigenvalue weighted by atomic mass is 9.90. The van der Waals surface area contributed by atoms with Crippen LogP contribution in [0.5, 0.6) is 0 Å². The van der Waals surface area contributed by atoms with Gasteiger partial charge in [0.2, 0.25) is 0 Å². The van der Waals surface area contributed by atoms with Gasteiger partial charge in [0, 0.05) is 4.88 Å². The Morgan fingerprint density at radius 2 is 2.00 bits per heavy atom. The van der Waals surface area contributed by atoms with Crippen LogP contribution in [-0.4, -0.2) is 13.1 Å². The van der Waals surface area contributed by atoms with Gasteiger partial charge in [-0.15, -0.1) is 11.3 Å². The van der Waals surface area contributed by atoms with Crippen molar-refractivity contribution in [2.24, 2.45) is 17.4 Å². The van der Waals surface area contributed by atoms with Gasteiger partial charge in [-0.05, 0) is 61.7 Å². The minimum absolute atomic E-state index is 0.469. The maximum atomic E-state index is 5.70. The summed E-state index contributed by atoms with van der Waals surface area (Å²) in [5.41, 5.74) is 12.8. The lowest BCUT2D eigenvalue weighted by molar-refractivity contribution is 0.445. The van der Waals surface area contributed by atoms with Crippen LogP contribution in [0.1, 0.15) is 36.1 Å². The monoisotopic (exact) mass is 226 g/mol. The minimum atomic E-state index is 0.469. The SMILES string of the molecule is CCC(CC(CN)CN)c1sccc1C. The van der Waals surface area contributed by atoms with E-state index in [2.05, 4.69) is 25.3 Å². The molecule has 1 atom stereocenters. The highest BCUT2D eigenvalue weighted by atomic mass is 32.1. The molecular formula is C12H22N2S. The maximum Gasteiger partial charge on any atom is 0.0105 e. The highest BCUT2D eigenvalue weighted by molar-refractivity contribution is 7.10. The van der Waals surface area contributed by atoms with Crippen molar-refractivity contribution in [3.8, 4) is 0 Å². The Morgan fingerprint density at radius 3 is 2.40 bits per heavy atom. The Hall–Kier alpha value is -0.380. The normalized spacial score (nSPS) is 13.4. The fraction of sp³-hybridized carbons (Fsp3) is 0.667. The first-order valence-corrected chi connectivity index (χ1v) is 6.55. The Kier molecular flexibility index (Phi) is 5.29. The summed E-state index contributed by atoms with van der Waals surface area (Å²) in [5.74, 6) is 1.11. The van der Waals surface area contributed by atoms with Crippen molar-refractivity contribution >= 4 is 11.3 Å². The van der Waals surface area contributed by atoms with E-state index in [0.717, 1.165) is 6.42 Å². The topological polar surface area (TPSA) is 52.0 Å². The molecule has 0 radical (unpaired) electrons. The second-order valence-corrected chi connectivity index (χ2v) is 5.09. The molecule has 3 heteroatoms. The molecule has 0 aliphatic heterocycles. The molecule has 15 heavy (non-hydrogen) atoms. The zero-order chi connectivity index (χ0) is 11.3. The van der Waals surface area contributed by atoms with E-state index in [1.54, 1.807) is 0 Å². The van der Waals surface area contributed by atoms with Gasteiger partial charge in [-0.1, -0.05) is 6.92 Å². The van der Waals surface area contributed by atoms with Crippen molar-refractivity contribution in [1.29, 1.82) is 0 Å². The molecule has 0 saturated heterocycles. The number of aryl methyl sites for hydroxylation is 1. The summed E-state index contributed by atoms with van der Waals surface area (Å²) >= 11 is 1.86. The van der Waals surface area contributed by atoms with E-state index in [0.29, 0.717) is 24.9 Å². The van der Waals surface area contributed by atoms with E-state index < -0.39 is 0 Å². The molecule has 1 heterocycles. The van der Waals surface area contributed by atoms with Crippen molar-refractivity contribution < 1.29 is 0 Å². The van der Waals surface area contributed by atoms with Crippen LogP contribution in [0.25, 0.3) is 0 Å².